The van der Waals surface area contributed by atoms with Crippen molar-refractivity contribution in [3.05, 3.63) is 94.1 Å². The van der Waals surface area contributed by atoms with Gasteiger partial charge in [0.25, 0.3) is 0 Å². The Hall–Kier alpha value is -4.55. The molecule has 0 aliphatic carbocycles. The van der Waals surface area contributed by atoms with Crippen LogP contribution in [0.5, 0.6) is 0 Å². The van der Waals surface area contributed by atoms with Crippen LogP contribution < -0.4 is 5.32 Å². The predicted octanol–water partition coefficient (Wildman–Crippen LogP) is 5.80. The number of benzene rings is 3. The van der Waals surface area contributed by atoms with E-state index in [1.165, 1.54) is 4.31 Å². The number of aromatic nitrogens is 3. The number of carboxylic acids is 1. The average molecular weight is 674 g/mol. The molecule has 0 fully saturated rings. The molecule has 3 aromatic carbocycles. The summed E-state index contributed by atoms with van der Waals surface area (Å²) < 4.78 is 36.7. The lowest BCUT2D eigenvalue weighted by atomic mass is 9.86. The summed E-state index contributed by atoms with van der Waals surface area (Å²) in [4.78, 5) is 24.2. The van der Waals surface area contributed by atoms with E-state index in [1.807, 2.05) is 62.4 Å². The van der Waals surface area contributed by atoms with E-state index in [0.717, 1.165) is 38.9 Å². The summed E-state index contributed by atoms with van der Waals surface area (Å²) >= 11 is 0. The Morgan fingerprint density at radius 1 is 1.10 bits per heavy atom. The van der Waals surface area contributed by atoms with Gasteiger partial charge in [-0.05, 0) is 91.6 Å². The van der Waals surface area contributed by atoms with Gasteiger partial charge in [-0.2, -0.15) is 4.31 Å². The average Bonchev–Trinajstić information content (AvgIpc) is 3.33. The fourth-order valence-corrected chi connectivity index (χ4v) is 7.84. The number of nitrogens with one attached hydrogen (secondary N) is 1. The number of aliphatic carboxylic acids is 1. The molecule has 2 heterocycles. The number of hydrogen-bond donors (Lipinski definition) is 2. The summed E-state index contributed by atoms with van der Waals surface area (Å²) in [6.45, 7) is 10.2. The summed E-state index contributed by atoms with van der Waals surface area (Å²) in [5, 5.41) is 20.8. The van der Waals surface area contributed by atoms with Crippen LogP contribution >= 0.6 is 0 Å². The van der Waals surface area contributed by atoms with Gasteiger partial charge in [-0.15, -0.1) is 5.10 Å². The van der Waals surface area contributed by atoms with Crippen LogP contribution in [0.1, 0.15) is 73.4 Å². The molecule has 0 bridgehead atoms. The number of rotatable bonds is 9. The van der Waals surface area contributed by atoms with E-state index in [1.54, 1.807) is 50.7 Å². The van der Waals surface area contributed by atoms with Gasteiger partial charge >= 0.3 is 12.1 Å². The zero-order chi connectivity index (χ0) is 34.8. The van der Waals surface area contributed by atoms with Crippen LogP contribution in [0.15, 0.2) is 65.6 Å². The third-order valence-corrected chi connectivity index (χ3v) is 10.3. The quantitative estimate of drug-likeness (QED) is 0.227. The molecule has 48 heavy (non-hydrogen) atoms. The van der Waals surface area contributed by atoms with Gasteiger partial charge in [0.15, 0.2) is 0 Å². The molecule has 254 valence electrons. The normalized spacial score (nSPS) is 17.2. The highest BCUT2D eigenvalue weighted by Crippen LogP contribution is 2.34. The van der Waals surface area contributed by atoms with E-state index in [-0.39, 0.29) is 30.3 Å². The number of fused-ring (bicyclic) bond motifs is 2. The second-order valence-electron chi connectivity index (χ2n) is 13.6. The Labute approximate surface area is 281 Å². The molecule has 2 atom stereocenters. The monoisotopic (exact) mass is 673 g/mol. The minimum Gasteiger partial charge on any atom is -0.481 e. The number of ether oxygens (including phenoxy) is 1. The van der Waals surface area contributed by atoms with Gasteiger partial charge < -0.3 is 15.2 Å². The Kier molecular flexibility index (Phi) is 10.1. The van der Waals surface area contributed by atoms with Crippen LogP contribution in [0, 0.1) is 12.8 Å². The lowest BCUT2D eigenvalue weighted by molar-refractivity contribution is -0.137. The van der Waals surface area contributed by atoms with Crippen molar-refractivity contribution < 1.29 is 27.9 Å². The van der Waals surface area contributed by atoms with Crippen molar-refractivity contribution in [2.75, 3.05) is 13.1 Å². The molecule has 1 aliphatic heterocycles. The molecule has 0 radical (unpaired) electrons. The largest absolute Gasteiger partial charge is 0.481 e. The van der Waals surface area contributed by atoms with Gasteiger partial charge in [-0.1, -0.05) is 60.7 Å². The van der Waals surface area contributed by atoms with Crippen LogP contribution in [-0.2, 0) is 39.6 Å². The molecule has 11 nitrogen and oxygen atoms in total. The van der Waals surface area contributed by atoms with Gasteiger partial charge in [0.05, 0.1) is 16.8 Å². The van der Waals surface area contributed by atoms with Gasteiger partial charge in [0.1, 0.15) is 11.1 Å². The number of amides is 1. The first-order valence-corrected chi connectivity index (χ1v) is 17.4. The highest BCUT2D eigenvalue weighted by molar-refractivity contribution is 7.89. The molecule has 2 N–H and O–H groups in total. The third kappa shape index (κ3) is 8.11. The van der Waals surface area contributed by atoms with Crippen LogP contribution in [-0.4, -0.2) is 63.6 Å². The molecule has 5 rings (SSSR count). The number of sulfonamides is 1. The number of nitrogens with zero attached hydrogens (tertiary/aromatic N) is 4. The number of alkyl carbamates (subject to hydrolysis) is 1. The van der Waals surface area contributed by atoms with Crippen LogP contribution in [0.3, 0.4) is 0 Å². The third-order valence-electron chi connectivity index (χ3n) is 8.40. The number of aryl methyl sites for hydroxylation is 2. The maximum absolute atomic E-state index is 14.1. The molecule has 0 saturated heterocycles. The van der Waals surface area contributed by atoms with Crippen molar-refractivity contribution in [3.63, 3.8) is 0 Å². The van der Waals surface area contributed by atoms with Crippen molar-refractivity contribution >= 4 is 39.2 Å². The van der Waals surface area contributed by atoms with Crippen LogP contribution in [0.4, 0.5) is 4.79 Å². The number of carbonyl (C=O) groups excluding carboxylic acids is 1. The van der Waals surface area contributed by atoms with E-state index >= 15 is 0 Å². The summed E-state index contributed by atoms with van der Waals surface area (Å²) in [5.74, 6) is -1.34. The predicted molar refractivity (Wildman–Crippen MR) is 184 cm³/mol. The van der Waals surface area contributed by atoms with Crippen molar-refractivity contribution in [1.82, 2.24) is 24.6 Å². The summed E-state index contributed by atoms with van der Waals surface area (Å²) in [5.41, 5.74) is 5.86. The van der Waals surface area contributed by atoms with Crippen molar-refractivity contribution in [1.29, 1.82) is 0 Å². The zero-order valence-corrected chi connectivity index (χ0v) is 29.0. The lowest BCUT2D eigenvalue weighted by Crippen LogP contribution is -2.33. The molecule has 1 amide bonds. The first-order chi connectivity index (χ1) is 22.6. The molecule has 4 aromatic rings. The minimum atomic E-state index is -3.84. The Morgan fingerprint density at radius 2 is 1.83 bits per heavy atom. The Morgan fingerprint density at radius 3 is 2.56 bits per heavy atom. The van der Waals surface area contributed by atoms with Crippen molar-refractivity contribution in [2.45, 2.75) is 70.4 Å². The number of carbonyl (C=O) groups is 2. The Bertz CT molecular complexity index is 1980. The van der Waals surface area contributed by atoms with E-state index in [4.69, 9.17) is 4.74 Å². The molecule has 1 aromatic heterocycles. The first kappa shape index (κ1) is 34.8. The highest BCUT2D eigenvalue weighted by Gasteiger charge is 2.33. The fraction of sp³-hybridized carbons (Fsp3) is 0.389. The van der Waals surface area contributed by atoms with Gasteiger partial charge in [0, 0.05) is 32.6 Å². The summed E-state index contributed by atoms with van der Waals surface area (Å²) in [6, 6.07) is 16.8. The summed E-state index contributed by atoms with van der Waals surface area (Å²) in [7, 11) is -2.04. The Balaban J connectivity index is 1.38. The first-order valence-electron chi connectivity index (χ1n) is 16.0. The second kappa shape index (κ2) is 13.9. The SMILES string of the molecule is Cc1ccc(C(CC(=O)O)c2ccc3c(c2)nnn3C)cc1CN1CC(C)Cc2cc(C=CCNC(=O)OC(C)(C)C)ccc2S1(=O)=O. The molecule has 2 unspecified atom stereocenters. The standard InChI is InChI=1S/C36H43N5O6S/c1-23-16-28-17-25(8-7-15-37-35(44)47-36(3,4)5)10-14-33(28)48(45,46)41(21-23)22-29-18-26(11-9-24(29)2)30(20-34(42)43)27-12-13-32-31(19-27)38-39-40(32)6/h7-14,17-19,23,30H,15-16,20-22H2,1-6H3,(H,37,44)(H,42,43). The van der Waals surface area contributed by atoms with E-state index in [9.17, 15) is 23.1 Å². The summed E-state index contributed by atoms with van der Waals surface area (Å²) in [6.07, 6.45) is 3.60. The zero-order valence-electron chi connectivity index (χ0n) is 28.2. The van der Waals surface area contributed by atoms with Crippen LogP contribution in [0.25, 0.3) is 17.1 Å². The molecule has 12 heteroatoms. The maximum Gasteiger partial charge on any atom is 0.407 e. The lowest BCUT2D eigenvalue weighted by Gasteiger charge is -2.24. The molecule has 0 saturated carbocycles. The fourth-order valence-electron chi connectivity index (χ4n) is 6.09. The maximum atomic E-state index is 14.1. The van der Waals surface area contributed by atoms with Crippen molar-refractivity contribution in [2.24, 2.45) is 13.0 Å². The molecular formula is C36H43N5O6S. The highest BCUT2D eigenvalue weighted by atomic mass is 32.2. The number of hydrogen-bond acceptors (Lipinski definition) is 7. The van der Waals surface area contributed by atoms with Gasteiger partial charge in [-0.3, -0.25) is 4.79 Å². The smallest absolute Gasteiger partial charge is 0.407 e. The molecular weight excluding hydrogens is 630 g/mol. The molecule has 0 spiro atoms. The van der Waals surface area contributed by atoms with Crippen LogP contribution in [0.2, 0.25) is 0 Å². The van der Waals surface area contributed by atoms with E-state index < -0.39 is 33.6 Å². The van der Waals surface area contributed by atoms with Gasteiger partial charge in [-0.25, -0.2) is 17.9 Å². The van der Waals surface area contributed by atoms with Crippen molar-refractivity contribution in [3.8, 4) is 0 Å². The topological polar surface area (TPSA) is 144 Å². The number of carboxylic acid groups (broad SMARTS) is 1. The second-order valence-corrected chi connectivity index (χ2v) is 15.5. The van der Waals surface area contributed by atoms with Gasteiger partial charge in [0.2, 0.25) is 10.0 Å². The minimum absolute atomic E-state index is 0.0519. The van der Waals surface area contributed by atoms with E-state index in [0.29, 0.717) is 18.5 Å². The van der Waals surface area contributed by atoms with E-state index in [2.05, 4.69) is 15.6 Å². The molecule has 1 aliphatic rings.